The van der Waals surface area contributed by atoms with E-state index in [4.69, 9.17) is 9.73 Å². The van der Waals surface area contributed by atoms with Gasteiger partial charge in [-0.1, -0.05) is 60.3 Å². The standard InChI is InChI=1S/C27H25N3O2S2/c1-4-29-22-17-19(32-3)15-16-23(22)33-26(29)24-25(31)30(5-2)27(34-24)28-21-14-10-9-13-20(21)18-11-7-6-8-12-18/h6-17H,4-5H2,1-3H3/b26-24-,28-27?. The van der Waals surface area contributed by atoms with Crippen LogP contribution >= 0.6 is 23.5 Å². The Morgan fingerprint density at radius 1 is 0.882 bits per heavy atom. The van der Waals surface area contributed by atoms with Crippen LogP contribution in [0, 0.1) is 0 Å². The van der Waals surface area contributed by atoms with Gasteiger partial charge in [0.05, 0.1) is 18.5 Å². The number of rotatable bonds is 5. The van der Waals surface area contributed by atoms with Gasteiger partial charge in [-0.15, -0.1) is 0 Å². The molecule has 5 rings (SSSR count). The lowest BCUT2D eigenvalue weighted by atomic mass is 10.0. The number of amidine groups is 1. The van der Waals surface area contributed by atoms with Crippen LogP contribution in [0.3, 0.4) is 0 Å². The lowest BCUT2D eigenvalue weighted by Gasteiger charge is -2.19. The van der Waals surface area contributed by atoms with Crippen LogP contribution in [0.1, 0.15) is 13.8 Å². The molecule has 2 aliphatic heterocycles. The van der Waals surface area contributed by atoms with Crippen molar-refractivity contribution >= 4 is 46.0 Å². The Labute approximate surface area is 208 Å². The van der Waals surface area contributed by atoms with Crippen LogP contribution in [0.15, 0.2) is 92.6 Å². The van der Waals surface area contributed by atoms with E-state index >= 15 is 0 Å². The van der Waals surface area contributed by atoms with Crippen molar-refractivity contribution < 1.29 is 9.53 Å². The van der Waals surface area contributed by atoms with Crippen LogP contribution in [0.4, 0.5) is 11.4 Å². The first kappa shape index (κ1) is 22.6. The molecule has 0 spiro atoms. The highest BCUT2D eigenvalue weighted by Crippen LogP contribution is 2.51. The Kier molecular flexibility index (Phi) is 6.39. The van der Waals surface area contributed by atoms with Crippen molar-refractivity contribution in [2.45, 2.75) is 18.7 Å². The minimum absolute atomic E-state index is 0.00385. The summed E-state index contributed by atoms with van der Waals surface area (Å²) in [6, 6.07) is 24.3. The summed E-state index contributed by atoms with van der Waals surface area (Å²) in [6.45, 7) is 5.41. The van der Waals surface area contributed by atoms with Crippen molar-refractivity contribution in [2.24, 2.45) is 4.99 Å². The number of thioether (sulfide) groups is 2. The van der Waals surface area contributed by atoms with Crippen molar-refractivity contribution in [1.82, 2.24) is 4.90 Å². The zero-order valence-corrected chi connectivity index (χ0v) is 21.0. The van der Waals surface area contributed by atoms with Crippen molar-refractivity contribution in [1.29, 1.82) is 0 Å². The fourth-order valence-corrected chi connectivity index (χ4v) is 6.54. The van der Waals surface area contributed by atoms with Gasteiger partial charge >= 0.3 is 0 Å². The third-order valence-corrected chi connectivity index (χ3v) is 8.18. The largest absolute Gasteiger partial charge is 0.497 e. The van der Waals surface area contributed by atoms with Crippen molar-refractivity contribution in [3.63, 3.8) is 0 Å². The van der Waals surface area contributed by atoms with Gasteiger partial charge in [0.1, 0.15) is 15.7 Å². The predicted octanol–water partition coefficient (Wildman–Crippen LogP) is 6.75. The summed E-state index contributed by atoms with van der Waals surface area (Å²) >= 11 is 3.10. The molecular weight excluding hydrogens is 462 g/mol. The molecule has 0 saturated carbocycles. The first-order chi connectivity index (χ1) is 16.6. The third-order valence-electron chi connectivity index (χ3n) is 5.80. The molecule has 3 aromatic rings. The summed E-state index contributed by atoms with van der Waals surface area (Å²) in [5.41, 5.74) is 4.08. The maximum absolute atomic E-state index is 13.5. The Hall–Kier alpha value is -3.16. The second kappa shape index (κ2) is 9.60. The summed E-state index contributed by atoms with van der Waals surface area (Å²) in [5.74, 6) is 0.813. The Bertz CT molecular complexity index is 1300. The third kappa shape index (κ3) is 3.99. The molecule has 0 radical (unpaired) electrons. The van der Waals surface area contributed by atoms with Crippen LogP contribution in [0.5, 0.6) is 5.75 Å². The Balaban J connectivity index is 1.56. The monoisotopic (exact) mass is 487 g/mol. The second-order valence-corrected chi connectivity index (χ2v) is 9.75. The molecule has 2 heterocycles. The number of carbonyl (C=O) groups is 1. The number of nitrogens with zero attached hydrogens (tertiary/aromatic N) is 3. The average Bonchev–Trinajstić information content (AvgIpc) is 3.40. The molecule has 1 saturated heterocycles. The topological polar surface area (TPSA) is 45.1 Å². The van der Waals surface area contributed by atoms with E-state index in [1.807, 2.05) is 55.5 Å². The minimum atomic E-state index is 0.00385. The molecule has 0 unspecified atom stereocenters. The van der Waals surface area contributed by atoms with Gasteiger partial charge in [0, 0.05) is 29.6 Å². The number of hydrogen-bond donors (Lipinski definition) is 0. The molecule has 0 atom stereocenters. The summed E-state index contributed by atoms with van der Waals surface area (Å²) in [4.78, 5) is 24.3. The van der Waals surface area contributed by atoms with E-state index in [9.17, 15) is 4.79 Å². The molecule has 1 amide bonds. The molecular formula is C27H25N3O2S2. The number of aliphatic imine (C=N–C) groups is 1. The zero-order valence-electron chi connectivity index (χ0n) is 19.3. The number of hydrogen-bond acceptors (Lipinski definition) is 6. The van der Waals surface area contributed by atoms with Gasteiger partial charge in [0.15, 0.2) is 5.17 Å². The zero-order chi connectivity index (χ0) is 23.7. The van der Waals surface area contributed by atoms with Crippen LogP contribution in [0.25, 0.3) is 11.1 Å². The normalized spacial score (nSPS) is 18.7. The number of amides is 1. The summed E-state index contributed by atoms with van der Waals surface area (Å²) in [7, 11) is 1.67. The maximum Gasteiger partial charge on any atom is 0.269 e. The molecule has 7 heteroatoms. The van der Waals surface area contributed by atoms with E-state index in [2.05, 4.69) is 36.1 Å². The number of methoxy groups -OCH3 is 1. The molecule has 0 N–H and O–H groups in total. The van der Waals surface area contributed by atoms with Gasteiger partial charge in [-0.3, -0.25) is 9.69 Å². The number of para-hydroxylation sites is 1. The van der Waals surface area contributed by atoms with E-state index in [0.717, 1.165) is 49.6 Å². The summed E-state index contributed by atoms with van der Waals surface area (Å²) in [5, 5.41) is 1.67. The van der Waals surface area contributed by atoms with Crippen molar-refractivity contribution in [2.75, 3.05) is 25.1 Å². The SMILES string of the molecule is CCN1C(=O)/C(=C2/Sc3ccc(OC)cc3N2CC)SC1=Nc1ccccc1-c1ccccc1. The van der Waals surface area contributed by atoms with Gasteiger partial charge in [0.2, 0.25) is 0 Å². The Morgan fingerprint density at radius 3 is 2.35 bits per heavy atom. The number of anilines is 1. The lowest BCUT2D eigenvalue weighted by molar-refractivity contribution is -0.122. The number of likely N-dealkylation sites (N-methyl/N-ethyl adjacent to an activating group) is 1. The molecule has 5 nitrogen and oxygen atoms in total. The fourth-order valence-electron chi connectivity index (χ4n) is 4.11. The second-order valence-electron chi connectivity index (χ2n) is 7.74. The maximum atomic E-state index is 13.5. The molecule has 1 fully saturated rings. The van der Waals surface area contributed by atoms with Crippen molar-refractivity contribution in [3.8, 4) is 16.9 Å². The van der Waals surface area contributed by atoms with Gasteiger partial charge in [-0.05, 0) is 49.4 Å². The van der Waals surface area contributed by atoms with Crippen LogP contribution < -0.4 is 9.64 Å². The minimum Gasteiger partial charge on any atom is -0.497 e. The smallest absolute Gasteiger partial charge is 0.269 e. The number of benzene rings is 3. The van der Waals surface area contributed by atoms with Gasteiger partial charge in [-0.25, -0.2) is 4.99 Å². The highest BCUT2D eigenvalue weighted by atomic mass is 32.2. The van der Waals surface area contributed by atoms with E-state index in [1.54, 1.807) is 23.8 Å². The lowest BCUT2D eigenvalue weighted by Crippen LogP contribution is -2.29. The molecule has 34 heavy (non-hydrogen) atoms. The van der Waals surface area contributed by atoms with Crippen LogP contribution in [-0.2, 0) is 4.79 Å². The fraction of sp³-hybridized carbons (Fsp3) is 0.185. The summed E-state index contributed by atoms with van der Waals surface area (Å²) < 4.78 is 5.43. The van der Waals surface area contributed by atoms with Gasteiger partial charge in [-0.2, -0.15) is 0 Å². The van der Waals surface area contributed by atoms with Crippen molar-refractivity contribution in [3.05, 3.63) is 82.7 Å². The highest BCUT2D eigenvalue weighted by Gasteiger charge is 2.39. The Morgan fingerprint density at radius 2 is 1.62 bits per heavy atom. The highest BCUT2D eigenvalue weighted by molar-refractivity contribution is 8.19. The van der Waals surface area contributed by atoms with Crippen LogP contribution in [0.2, 0.25) is 0 Å². The molecule has 3 aromatic carbocycles. The number of ether oxygens (including phenoxy) is 1. The molecule has 0 aliphatic carbocycles. The van der Waals surface area contributed by atoms with Gasteiger partial charge in [0.25, 0.3) is 5.91 Å². The number of carbonyl (C=O) groups excluding carboxylic acids is 1. The first-order valence-electron chi connectivity index (χ1n) is 11.2. The average molecular weight is 488 g/mol. The molecule has 0 bridgehead atoms. The predicted molar refractivity (Wildman–Crippen MR) is 143 cm³/mol. The quantitative estimate of drug-likeness (QED) is 0.373. The first-order valence-corrected chi connectivity index (χ1v) is 12.9. The van der Waals surface area contributed by atoms with E-state index in [-0.39, 0.29) is 5.91 Å². The molecule has 172 valence electrons. The van der Waals surface area contributed by atoms with E-state index in [1.165, 1.54) is 11.8 Å². The van der Waals surface area contributed by atoms with E-state index < -0.39 is 0 Å². The van der Waals surface area contributed by atoms with Crippen LogP contribution in [-0.4, -0.2) is 36.2 Å². The number of fused-ring (bicyclic) bond motifs is 1. The van der Waals surface area contributed by atoms with Gasteiger partial charge < -0.3 is 9.64 Å². The molecule has 0 aromatic heterocycles. The molecule has 2 aliphatic rings. The van der Waals surface area contributed by atoms with E-state index in [0.29, 0.717) is 11.7 Å². The summed E-state index contributed by atoms with van der Waals surface area (Å²) in [6.07, 6.45) is 0.